The average Bonchev–Trinajstić information content (AvgIpc) is 2.91. The van der Waals surface area contributed by atoms with E-state index < -0.39 is 18.4 Å². The van der Waals surface area contributed by atoms with E-state index >= 15 is 0 Å². The Bertz CT molecular complexity index is 1240. The summed E-state index contributed by atoms with van der Waals surface area (Å²) in [5, 5.41) is 2.51. The summed E-state index contributed by atoms with van der Waals surface area (Å²) in [6.45, 7) is 0. The summed E-state index contributed by atoms with van der Waals surface area (Å²) in [6, 6.07) is 46.4. The Labute approximate surface area is 204 Å². The van der Waals surface area contributed by atoms with Crippen LogP contribution in [0.15, 0.2) is 132 Å². The van der Waals surface area contributed by atoms with Gasteiger partial charge in [-0.05, 0) is 0 Å². The van der Waals surface area contributed by atoms with Gasteiger partial charge in [0.2, 0.25) is 0 Å². The fourth-order valence-corrected chi connectivity index (χ4v) is 22.9. The molecule has 0 radical (unpaired) electrons. The second-order valence-corrected chi connectivity index (χ2v) is 21.7. The van der Waals surface area contributed by atoms with Crippen molar-refractivity contribution in [1.82, 2.24) is 0 Å². The SMILES string of the molecule is COc1ccc2ccccc2c1S[CH2][Sn]([c]1ccccc1)([c]1ccccc1)[c]1ccccc1. The molecule has 0 heterocycles. The zero-order valence-electron chi connectivity index (χ0n) is 18.6. The van der Waals surface area contributed by atoms with Crippen LogP contribution in [0, 0.1) is 0 Å². The van der Waals surface area contributed by atoms with Gasteiger partial charge >= 0.3 is 205 Å². The number of rotatable bonds is 7. The van der Waals surface area contributed by atoms with Crippen molar-refractivity contribution in [2.24, 2.45) is 0 Å². The molecule has 5 aromatic rings. The molecule has 0 aromatic heterocycles. The van der Waals surface area contributed by atoms with Crippen molar-refractivity contribution in [1.29, 1.82) is 0 Å². The van der Waals surface area contributed by atoms with Crippen molar-refractivity contribution in [3.8, 4) is 5.75 Å². The summed E-state index contributed by atoms with van der Waals surface area (Å²) in [5.74, 6) is 0.952. The van der Waals surface area contributed by atoms with Crippen LogP contribution in [0.5, 0.6) is 5.75 Å². The fourth-order valence-electron chi connectivity index (χ4n) is 4.63. The summed E-state index contributed by atoms with van der Waals surface area (Å²) < 4.78 is 11.4. The van der Waals surface area contributed by atoms with Crippen LogP contribution in [-0.4, -0.2) is 29.3 Å². The molecule has 0 aliphatic rings. The molecule has 0 amide bonds. The number of ether oxygens (including phenoxy) is 1. The quantitative estimate of drug-likeness (QED) is 0.190. The van der Waals surface area contributed by atoms with Crippen LogP contribution >= 0.6 is 11.8 Å². The van der Waals surface area contributed by atoms with Gasteiger partial charge in [-0.25, -0.2) is 0 Å². The first-order chi connectivity index (χ1) is 16.3. The zero-order chi connectivity index (χ0) is 22.5. The van der Waals surface area contributed by atoms with Crippen LogP contribution in [0.25, 0.3) is 10.8 Å². The Hall–Kier alpha value is -2.69. The Morgan fingerprint density at radius 1 is 0.576 bits per heavy atom. The standard InChI is InChI=1S/C12H11OS.3C6H5.Sn/c1-13-11-8-7-9-5-3-4-6-10(9)12(11)14-2;3*1-2-4-6-5-3-1;/h3-8H,2H2,1H3;3*1-5H;. The van der Waals surface area contributed by atoms with Crippen molar-refractivity contribution >= 4 is 51.6 Å². The molecular weight excluding hydrogens is 527 g/mol. The van der Waals surface area contributed by atoms with Crippen molar-refractivity contribution in [2.75, 3.05) is 10.9 Å². The molecule has 5 aromatic carbocycles. The van der Waals surface area contributed by atoms with Crippen LogP contribution in [0.1, 0.15) is 0 Å². The van der Waals surface area contributed by atoms with Crippen molar-refractivity contribution in [2.45, 2.75) is 4.90 Å². The Balaban J connectivity index is 1.71. The number of methoxy groups -OCH3 is 1. The maximum absolute atomic E-state index is 5.84. The molecule has 1 nitrogen and oxygen atoms in total. The number of hydrogen-bond acceptors (Lipinski definition) is 2. The van der Waals surface area contributed by atoms with Crippen LogP contribution in [0.3, 0.4) is 0 Å². The van der Waals surface area contributed by atoms with E-state index in [4.69, 9.17) is 4.74 Å². The van der Waals surface area contributed by atoms with Gasteiger partial charge in [0.15, 0.2) is 0 Å². The normalized spacial score (nSPS) is 11.4. The second kappa shape index (κ2) is 10.1. The van der Waals surface area contributed by atoms with E-state index in [9.17, 15) is 0 Å². The van der Waals surface area contributed by atoms with Gasteiger partial charge in [0.25, 0.3) is 0 Å². The molecule has 0 fully saturated rings. The Morgan fingerprint density at radius 3 is 1.58 bits per heavy atom. The van der Waals surface area contributed by atoms with Crippen LogP contribution in [0.2, 0.25) is 0 Å². The second-order valence-electron chi connectivity index (χ2n) is 8.11. The van der Waals surface area contributed by atoms with Crippen molar-refractivity contribution in [3.05, 3.63) is 127 Å². The molecule has 0 atom stereocenters. The van der Waals surface area contributed by atoms with Crippen molar-refractivity contribution < 1.29 is 4.74 Å². The molecular formula is C30H26OSSn. The molecule has 0 spiro atoms. The maximum atomic E-state index is 5.84. The van der Waals surface area contributed by atoms with Crippen LogP contribution < -0.4 is 15.5 Å². The monoisotopic (exact) mass is 554 g/mol. The fraction of sp³-hybridized carbons (Fsp3) is 0.0667. The summed E-state index contributed by atoms with van der Waals surface area (Å²) >= 11 is -1.39. The van der Waals surface area contributed by atoms with Crippen LogP contribution in [-0.2, 0) is 0 Å². The summed E-state index contributed by atoms with van der Waals surface area (Å²) in [7, 11) is 1.77. The van der Waals surface area contributed by atoms with Gasteiger partial charge < -0.3 is 0 Å². The van der Waals surface area contributed by atoms with Crippen LogP contribution in [0.4, 0.5) is 0 Å². The molecule has 0 saturated heterocycles. The minimum atomic E-state index is -3.35. The molecule has 0 bridgehead atoms. The molecule has 0 aliphatic carbocycles. The molecule has 5 rings (SSSR count). The minimum absolute atomic E-state index is 0.952. The molecule has 0 saturated carbocycles. The molecule has 0 N–H and O–H groups in total. The molecule has 33 heavy (non-hydrogen) atoms. The number of benzene rings is 5. The number of hydrogen-bond donors (Lipinski definition) is 0. The van der Waals surface area contributed by atoms with Gasteiger partial charge in [-0.1, -0.05) is 0 Å². The Kier molecular flexibility index (Phi) is 6.75. The van der Waals surface area contributed by atoms with Gasteiger partial charge in [-0.2, -0.15) is 0 Å². The summed E-state index contributed by atoms with van der Waals surface area (Å²) in [4.78, 5) is 1.24. The number of fused-ring (bicyclic) bond motifs is 1. The van der Waals surface area contributed by atoms with E-state index in [0.717, 1.165) is 9.52 Å². The van der Waals surface area contributed by atoms with E-state index in [1.165, 1.54) is 26.4 Å². The third-order valence-electron chi connectivity index (χ3n) is 6.30. The summed E-state index contributed by atoms with van der Waals surface area (Å²) in [5.41, 5.74) is 0. The van der Waals surface area contributed by atoms with E-state index in [1.807, 2.05) is 11.8 Å². The zero-order valence-corrected chi connectivity index (χ0v) is 22.3. The number of thioether (sulfide) groups is 1. The first-order valence-corrected chi connectivity index (χ1v) is 18.5. The Morgan fingerprint density at radius 2 is 1.06 bits per heavy atom. The van der Waals surface area contributed by atoms with E-state index in [0.29, 0.717) is 0 Å². The summed E-state index contributed by atoms with van der Waals surface area (Å²) in [6.07, 6.45) is 0. The molecule has 0 aliphatic heterocycles. The van der Waals surface area contributed by atoms with Gasteiger partial charge in [-0.15, -0.1) is 0 Å². The van der Waals surface area contributed by atoms with Gasteiger partial charge in [0.05, 0.1) is 0 Å². The van der Waals surface area contributed by atoms with E-state index in [-0.39, 0.29) is 0 Å². The predicted octanol–water partition coefficient (Wildman–Crippen LogP) is 5.65. The predicted molar refractivity (Wildman–Crippen MR) is 145 cm³/mol. The van der Waals surface area contributed by atoms with E-state index in [1.54, 1.807) is 7.11 Å². The third kappa shape index (κ3) is 4.30. The molecule has 162 valence electrons. The molecule has 0 unspecified atom stereocenters. The average molecular weight is 553 g/mol. The third-order valence-corrected chi connectivity index (χ3v) is 23.8. The van der Waals surface area contributed by atoms with E-state index in [2.05, 4.69) is 127 Å². The first-order valence-electron chi connectivity index (χ1n) is 11.2. The van der Waals surface area contributed by atoms with Crippen molar-refractivity contribution in [3.63, 3.8) is 0 Å². The first kappa shape index (κ1) is 22.1. The van der Waals surface area contributed by atoms with Gasteiger partial charge in [0.1, 0.15) is 0 Å². The van der Waals surface area contributed by atoms with Gasteiger partial charge in [-0.3, -0.25) is 0 Å². The molecule has 3 heteroatoms. The topological polar surface area (TPSA) is 9.23 Å². The van der Waals surface area contributed by atoms with Gasteiger partial charge in [0, 0.05) is 0 Å².